The van der Waals surface area contributed by atoms with Gasteiger partial charge in [0.05, 0.1) is 19.3 Å². The van der Waals surface area contributed by atoms with E-state index in [2.05, 4.69) is 45.7 Å². The highest BCUT2D eigenvalue weighted by Gasteiger charge is 2.26. The molecule has 27 heavy (non-hydrogen) atoms. The molecule has 1 atom stereocenters. The largest absolute Gasteiger partial charge is 0.379 e. The summed E-state index contributed by atoms with van der Waals surface area (Å²) in [4.78, 5) is 28.6. The topological polar surface area (TPSA) is 73.9 Å². The molecule has 0 aliphatic carbocycles. The number of nitrogens with one attached hydrogen (secondary N) is 2. The van der Waals surface area contributed by atoms with E-state index < -0.39 is 11.8 Å². The molecule has 148 valence electrons. The molecule has 2 heterocycles. The molecule has 0 bridgehead atoms. The van der Waals surface area contributed by atoms with E-state index in [0.717, 1.165) is 32.5 Å². The van der Waals surface area contributed by atoms with Crippen LogP contribution in [-0.4, -0.2) is 69.7 Å². The fourth-order valence-corrected chi connectivity index (χ4v) is 3.73. The third-order valence-corrected chi connectivity index (χ3v) is 5.30. The Kier molecular flexibility index (Phi) is 6.68. The fourth-order valence-electron chi connectivity index (χ4n) is 3.73. The van der Waals surface area contributed by atoms with Gasteiger partial charge < -0.3 is 20.3 Å². The summed E-state index contributed by atoms with van der Waals surface area (Å²) in [5.41, 5.74) is 3.81. The second-order valence-corrected chi connectivity index (χ2v) is 7.19. The first kappa shape index (κ1) is 19.6. The number of fused-ring (bicyclic) bond motifs is 1. The predicted molar refractivity (Wildman–Crippen MR) is 105 cm³/mol. The van der Waals surface area contributed by atoms with E-state index in [-0.39, 0.29) is 6.04 Å². The Balaban J connectivity index is 1.72. The number of morpholine rings is 1. The van der Waals surface area contributed by atoms with Crippen LogP contribution in [0.2, 0.25) is 0 Å². The number of hydrogen-bond donors (Lipinski definition) is 2. The Labute approximate surface area is 161 Å². The van der Waals surface area contributed by atoms with Crippen LogP contribution in [0.25, 0.3) is 0 Å². The van der Waals surface area contributed by atoms with E-state index in [0.29, 0.717) is 26.3 Å². The number of rotatable bonds is 6. The normalized spacial score (nSPS) is 18.1. The summed E-state index contributed by atoms with van der Waals surface area (Å²) in [5.74, 6) is -1.13. The lowest BCUT2D eigenvalue weighted by atomic mass is 10.0. The van der Waals surface area contributed by atoms with Crippen molar-refractivity contribution in [3.63, 3.8) is 0 Å². The summed E-state index contributed by atoms with van der Waals surface area (Å²) < 4.78 is 5.48. The van der Waals surface area contributed by atoms with Crippen LogP contribution in [0.15, 0.2) is 18.2 Å². The quantitative estimate of drug-likeness (QED) is 0.717. The maximum Gasteiger partial charge on any atom is 0.309 e. The van der Waals surface area contributed by atoms with Crippen LogP contribution < -0.4 is 15.5 Å². The molecule has 2 aliphatic rings. The molecule has 0 aromatic heterocycles. The minimum absolute atomic E-state index is 0.0352. The van der Waals surface area contributed by atoms with Crippen molar-refractivity contribution < 1.29 is 14.3 Å². The number of anilines is 1. The molecule has 2 N–H and O–H groups in total. The van der Waals surface area contributed by atoms with Crippen molar-refractivity contribution in [1.82, 2.24) is 15.5 Å². The van der Waals surface area contributed by atoms with Gasteiger partial charge in [-0.1, -0.05) is 19.1 Å². The van der Waals surface area contributed by atoms with Crippen molar-refractivity contribution in [3.05, 3.63) is 29.3 Å². The zero-order valence-corrected chi connectivity index (χ0v) is 16.3. The number of hydrogen-bond acceptors (Lipinski definition) is 5. The zero-order chi connectivity index (χ0) is 19.2. The van der Waals surface area contributed by atoms with Crippen molar-refractivity contribution in [2.45, 2.75) is 25.8 Å². The van der Waals surface area contributed by atoms with Crippen LogP contribution in [0.1, 0.15) is 30.5 Å². The summed E-state index contributed by atoms with van der Waals surface area (Å²) >= 11 is 0. The molecule has 7 heteroatoms. The van der Waals surface area contributed by atoms with Crippen molar-refractivity contribution in [1.29, 1.82) is 0 Å². The van der Waals surface area contributed by atoms with Crippen LogP contribution in [0.4, 0.5) is 5.69 Å². The second kappa shape index (κ2) is 9.19. The summed E-state index contributed by atoms with van der Waals surface area (Å²) in [7, 11) is 2.11. The van der Waals surface area contributed by atoms with Gasteiger partial charge in [-0.05, 0) is 30.0 Å². The van der Waals surface area contributed by atoms with Crippen molar-refractivity contribution in [3.8, 4) is 0 Å². The SMILES string of the molecule is CCCNC(=O)C(=O)NCC(c1ccc2c(c1)CCN2C)N1CCOCC1. The zero-order valence-electron chi connectivity index (χ0n) is 16.3. The van der Waals surface area contributed by atoms with E-state index in [1.54, 1.807) is 0 Å². The molecule has 0 radical (unpaired) electrons. The van der Waals surface area contributed by atoms with Gasteiger partial charge in [0.1, 0.15) is 0 Å². The standard InChI is InChI=1S/C20H30N4O3/c1-3-7-21-19(25)20(26)22-14-18(24-9-11-27-12-10-24)15-4-5-17-16(13-15)6-8-23(17)2/h4-5,13,18H,3,6-12,14H2,1-2H3,(H,21,25)(H,22,26). The Morgan fingerprint density at radius 2 is 1.89 bits per heavy atom. The smallest absolute Gasteiger partial charge is 0.309 e. The second-order valence-electron chi connectivity index (χ2n) is 7.19. The van der Waals surface area contributed by atoms with Gasteiger partial charge in [0.25, 0.3) is 0 Å². The Bertz CT molecular complexity index is 673. The third-order valence-electron chi connectivity index (χ3n) is 5.30. The number of carbonyl (C=O) groups is 2. The lowest BCUT2D eigenvalue weighted by Gasteiger charge is -2.35. The predicted octanol–water partition coefficient (Wildman–Crippen LogP) is 0.695. The fraction of sp³-hybridized carbons (Fsp3) is 0.600. The minimum Gasteiger partial charge on any atom is -0.379 e. The third kappa shape index (κ3) is 4.78. The van der Waals surface area contributed by atoms with Crippen LogP contribution in [0.5, 0.6) is 0 Å². The van der Waals surface area contributed by atoms with Gasteiger partial charge in [-0.2, -0.15) is 0 Å². The summed E-state index contributed by atoms with van der Waals surface area (Å²) in [6.07, 6.45) is 1.85. The van der Waals surface area contributed by atoms with Gasteiger partial charge >= 0.3 is 11.8 Å². The molecule has 2 amide bonds. The van der Waals surface area contributed by atoms with Crippen LogP contribution in [0.3, 0.4) is 0 Å². The van der Waals surface area contributed by atoms with Gasteiger partial charge in [-0.3, -0.25) is 14.5 Å². The lowest BCUT2D eigenvalue weighted by molar-refractivity contribution is -0.139. The number of nitrogens with zero attached hydrogens (tertiary/aromatic N) is 2. The van der Waals surface area contributed by atoms with E-state index in [9.17, 15) is 9.59 Å². The molecule has 1 saturated heterocycles. The molecule has 1 aromatic carbocycles. The van der Waals surface area contributed by atoms with Crippen LogP contribution in [-0.2, 0) is 20.7 Å². The van der Waals surface area contributed by atoms with Gasteiger partial charge in [0.2, 0.25) is 0 Å². The summed E-state index contributed by atoms with van der Waals surface area (Å²) in [6, 6.07) is 6.60. The first-order valence-electron chi connectivity index (χ1n) is 9.82. The van der Waals surface area contributed by atoms with Gasteiger partial charge in [0.15, 0.2) is 0 Å². The highest BCUT2D eigenvalue weighted by atomic mass is 16.5. The number of carbonyl (C=O) groups excluding carboxylic acids is 2. The molecule has 0 spiro atoms. The molecule has 2 aliphatic heterocycles. The van der Waals surface area contributed by atoms with E-state index in [1.807, 2.05) is 6.92 Å². The number of likely N-dealkylation sites (N-methyl/N-ethyl adjacent to an activating group) is 1. The maximum absolute atomic E-state index is 12.1. The molecular weight excluding hydrogens is 344 g/mol. The van der Waals surface area contributed by atoms with Crippen LogP contribution >= 0.6 is 0 Å². The molecule has 7 nitrogen and oxygen atoms in total. The molecule has 1 aromatic rings. The highest BCUT2D eigenvalue weighted by Crippen LogP contribution is 2.31. The Morgan fingerprint density at radius 1 is 1.15 bits per heavy atom. The molecule has 3 rings (SSSR count). The van der Waals surface area contributed by atoms with Gasteiger partial charge in [-0.15, -0.1) is 0 Å². The van der Waals surface area contributed by atoms with Gasteiger partial charge in [-0.25, -0.2) is 0 Å². The Morgan fingerprint density at radius 3 is 2.63 bits per heavy atom. The number of ether oxygens (including phenoxy) is 1. The van der Waals surface area contributed by atoms with Crippen LogP contribution in [0, 0.1) is 0 Å². The Hall–Kier alpha value is -2.12. The van der Waals surface area contributed by atoms with E-state index >= 15 is 0 Å². The average Bonchev–Trinajstić information content (AvgIpc) is 3.07. The lowest BCUT2D eigenvalue weighted by Crippen LogP contribution is -2.46. The maximum atomic E-state index is 12.1. The van der Waals surface area contributed by atoms with E-state index in [1.165, 1.54) is 16.8 Å². The summed E-state index contributed by atoms with van der Waals surface area (Å²) in [5, 5.41) is 5.44. The highest BCUT2D eigenvalue weighted by molar-refractivity contribution is 6.35. The first-order valence-corrected chi connectivity index (χ1v) is 9.82. The molecule has 1 fully saturated rings. The summed E-state index contributed by atoms with van der Waals surface area (Å²) in [6.45, 7) is 6.93. The van der Waals surface area contributed by atoms with E-state index in [4.69, 9.17) is 4.74 Å². The van der Waals surface area contributed by atoms with Crippen molar-refractivity contribution in [2.24, 2.45) is 0 Å². The monoisotopic (exact) mass is 374 g/mol. The molecule has 0 saturated carbocycles. The molecule has 1 unspecified atom stereocenters. The number of benzene rings is 1. The van der Waals surface area contributed by atoms with Crippen molar-refractivity contribution in [2.75, 3.05) is 57.9 Å². The minimum atomic E-state index is -0.567. The molecular formula is C20H30N4O3. The van der Waals surface area contributed by atoms with Gasteiger partial charge in [0, 0.05) is 45.5 Å². The number of amides is 2. The first-order chi connectivity index (χ1) is 13.1. The average molecular weight is 374 g/mol. The van der Waals surface area contributed by atoms with Crippen molar-refractivity contribution >= 4 is 17.5 Å².